The van der Waals surface area contributed by atoms with Crippen molar-refractivity contribution in [3.63, 3.8) is 0 Å². The largest absolute Gasteiger partial charge is 0.310 e. The van der Waals surface area contributed by atoms with Gasteiger partial charge >= 0.3 is 0 Å². The van der Waals surface area contributed by atoms with Crippen molar-refractivity contribution < 1.29 is 0 Å². The fourth-order valence-electron chi connectivity index (χ4n) is 12.7. The number of rotatable bonds is 8. The zero-order valence-corrected chi connectivity index (χ0v) is 38.1. The van der Waals surface area contributed by atoms with E-state index in [9.17, 15) is 0 Å². The fraction of sp³-hybridized carbons (Fsp3) is 0.323. The molecule has 2 heteroatoms. The second-order valence-electron chi connectivity index (χ2n) is 20.0. The standard InChI is InChI=1S/C62H62N2/c1-41-17-13-27-47(37-41)63(57-31-15-25-43-23-9-11-29-49(43)57)59-39-55(45-19-5-3-6-20-45)51-34-36-54-60(40-56(46-21-7-4-8-22-46)52-33-35-53(59)61(51)62(52)54)64(48-28-14-18-42(2)38-48)58-32-16-26-44-24-10-12-30-50(44)58/h9-11,15-16,23-29,31-40,45-46H,3-8,12-14,17-22,30H2,1-2H3. The first-order chi connectivity index (χ1) is 31.6. The topological polar surface area (TPSA) is 6.48 Å². The Bertz CT molecular complexity index is 3100. The number of hydrogen-bond acceptors (Lipinski definition) is 2. The van der Waals surface area contributed by atoms with Gasteiger partial charge in [0.05, 0.1) is 17.1 Å². The summed E-state index contributed by atoms with van der Waals surface area (Å²) in [5, 5.41) is 11.2. The SMILES string of the molecule is CC1=CC(N(c2cccc3c2CCC=C3)c2cc(C3CCCCC3)c3ccc4c(N(C5=CCCC(C)=C5)c5cccc6ccccc56)cc(C5CCCCC5)c5ccc2c3c54)=CCC1. The quantitative estimate of drug-likeness (QED) is 0.141. The van der Waals surface area contributed by atoms with Gasteiger partial charge in [0.25, 0.3) is 0 Å². The van der Waals surface area contributed by atoms with E-state index >= 15 is 0 Å². The van der Waals surface area contributed by atoms with Crippen molar-refractivity contribution in [3.8, 4) is 0 Å². The lowest BCUT2D eigenvalue weighted by Crippen LogP contribution is -2.20. The van der Waals surface area contributed by atoms with E-state index in [1.165, 1.54) is 164 Å². The molecule has 0 aliphatic heterocycles. The summed E-state index contributed by atoms with van der Waals surface area (Å²) in [6.07, 6.45) is 34.3. The van der Waals surface area contributed by atoms with E-state index in [4.69, 9.17) is 0 Å². The van der Waals surface area contributed by atoms with Crippen molar-refractivity contribution in [2.75, 3.05) is 9.80 Å². The molecule has 320 valence electrons. The van der Waals surface area contributed by atoms with Crippen LogP contribution in [0.4, 0.5) is 22.7 Å². The van der Waals surface area contributed by atoms with Crippen molar-refractivity contribution in [1.29, 1.82) is 0 Å². The highest BCUT2D eigenvalue weighted by Crippen LogP contribution is 2.53. The third-order valence-electron chi connectivity index (χ3n) is 15.9. The summed E-state index contributed by atoms with van der Waals surface area (Å²) in [4.78, 5) is 5.38. The molecule has 7 aromatic rings. The Morgan fingerprint density at radius 3 is 1.59 bits per heavy atom. The van der Waals surface area contributed by atoms with Gasteiger partial charge in [-0.15, -0.1) is 0 Å². The van der Waals surface area contributed by atoms with Gasteiger partial charge in [-0.2, -0.15) is 0 Å². The monoisotopic (exact) mass is 834 g/mol. The van der Waals surface area contributed by atoms with Crippen LogP contribution in [-0.4, -0.2) is 0 Å². The van der Waals surface area contributed by atoms with Crippen LogP contribution >= 0.6 is 0 Å². The number of fused-ring (bicyclic) bond motifs is 2. The smallest absolute Gasteiger partial charge is 0.0543 e. The summed E-state index contributed by atoms with van der Waals surface area (Å²) in [6, 6.07) is 38.6. The van der Waals surface area contributed by atoms with Gasteiger partial charge in [-0.25, -0.2) is 0 Å². The molecule has 2 fully saturated rings. The van der Waals surface area contributed by atoms with Crippen molar-refractivity contribution in [2.45, 2.75) is 128 Å². The highest BCUT2D eigenvalue weighted by Gasteiger charge is 2.31. The summed E-state index contributed by atoms with van der Waals surface area (Å²) in [5.41, 5.74) is 16.8. The van der Waals surface area contributed by atoms with Crippen LogP contribution in [0.25, 0.3) is 49.2 Å². The number of nitrogens with zero attached hydrogens (tertiary/aromatic N) is 2. The normalized spacial score (nSPS) is 18.6. The van der Waals surface area contributed by atoms with Gasteiger partial charge in [-0.05, 0) is 175 Å². The molecule has 7 aromatic carbocycles. The Labute approximate surface area is 380 Å². The second kappa shape index (κ2) is 16.6. The molecule has 0 spiro atoms. The summed E-state index contributed by atoms with van der Waals surface area (Å²) in [7, 11) is 0. The molecule has 5 aliphatic carbocycles. The first-order valence-electron chi connectivity index (χ1n) is 25.0. The molecule has 2 nitrogen and oxygen atoms in total. The molecular weight excluding hydrogens is 773 g/mol. The predicted octanol–water partition coefficient (Wildman–Crippen LogP) is 18.3. The van der Waals surface area contributed by atoms with Crippen LogP contribution in [0.1, 0.15) is 144 Å². The third kappa shape index (κ3) is 6.83. The number of hydrogen-bond donors (Lipinski definition) is 0. The van der Waals surface area contributed by atoms with Gasteiger partial charge in [0.15, 0.2) is 0 Å². The van der Waals surface area contributed by atoms with Gasteiger partial charge in [0, 0.05) is 33.2 Å². The molecule has 2 saturated carbocycles. The van der Waals surface area contributed by atoms with E-state index < -0.39 is 0 Å². The van der Waals surface area contributed by atoms with E-state index in [1.54, 1.807) is 11.1 Å². The lowest BCUT2D eigenvalue weighted by Gasteiger charge is -2.35. The Balaban J connectivity index is 1.21. The van der Waals surface area contributed by atoms with Crippen LogP contribution in [-0.2, 0) is 6.42 Å². The van der Waals surface area contributed by atoms with E-state index in [2.05, 4.69) is 157 Å². The van der Waals surface area contributed by atoms with Crippen molar-refractivity contribution in [2.24, 2.45) is 0 Å². The summed E-state index contributed by atoms with van der Waals surface area (Å²) < 4.78 is 0. The predicted molar refractivity (Wildman–Crippen MR) is 276 cm³/mol. The molecule has 0 heterocycles. The van der Waals surface area contributed by atoms with Crippen molar-refractivity contribution >= 4 is 71.9 Å². The minimum atomic E-state index is 0.544. The average Bonchev–Trinajstić information content (AvgIpc) is 3.34. The van der Waals surface area contributed by atoms with E-state index in [0.717, 1.165) is 38.5 Å². The Kier molecular flexibility index (Phi) is 10.3. The van der Waals surface area contributed by atoms with Crippen molar-refractivity contribution in [3.05, 3.63) is 172 Å². The van der Waals surface area contributed by atoms with Crippen LogP contribution < -0.4 is 9.80 Å². The van der Waals surface area contributed by atoms with E-state index in [0.29, 0.717) is 11.8 Å². The lowest BCUT2D eigenvalue weighted by atomic mass is 9.77. The van der Waals surface area contributed by atoms with Gasteiger partial charge in [-0.1, -0.05) is 147 Å². The maximum Gasteiger partial charge on any atom is 0.0543 e. The third-order valence-corrected chi connectivity index (χ3v) is 15.9. The van der Waals surface area contributed by atoms with E-state index in [1.807, 2.05) is 0 Å². The Morgan fingerprint density at radius 2 is 0.984 bits per heavy atom. The molecule has 64 heavy (non-hydrogen) atoms. The highest BCUT2D eigenvalue weighted by atomic mass is 15.2. The molecule has 5 aliphatic rings. The maximum absolute atomic E-state index is 2.71. The second-order valence-corrected chi connectivity index (χ2v) is 20.0. The fourth-order valence-corrected chi connectivity index (χ4v) is 12.7. The summed E-state index contributed by atoms with van der Waals surface area (Å²) >= 11 is 0. The zero-order valence-electron chi connectivity index (χ0n) is 38.1. The molecule has 12 rings (SSSR count). The lowest BCUT2D eigenvalue weighted by molar-refractivity contribution is 0.445. The number of allylic oxidation sites excluding steroid dienone is 7. The Morgan fingerprint density at radius 1 is 0.453 bits per heavy atom. The first kappa shape index (κ1) is 39.7. The highest BCUT2D eigenvalue weighted by molar-refractivity contribution is 6.29. The number of benzene rings is 7. The average molecular weight is 835 g/mol. The van der Waals surface area contributed by atoms with Gasteiger partial charge in [0.1, 0.15) is 0 Å². The maximum atomic E-state index is 2.71. The molecule has 0 radical (unpaired) electrons. The van der Waals surface area contributed by atoms with E-state index in [-0.39, 0.29) is 0 Å². The van der Waals surface area contributed by atoms with Crippen LogP contribution in [0.3, 0.4) is 0 Å². The zero-order chi connectivity index (χ0) is 42.7. The van der Waals surface area contributed by atoms with Gasteiger partial charge < -0.3 is 9.80 Å². The molecule has 0 bridgehead atoms. The first-order valence-corrected chi connectivity index (χ1v) is 25.0. The molecule has 0 amide bonds. The molecule has 0 atom stereocenters. The molecule has 0 saturated heterocycles. The Hall–Kier alpha value is -5.86. The summed E-state index contributed by atoms with van der Waals surface area (Å²) in [5.74, 6) is 1.09. The number of anilines is 4. The van der Waals surface area contributed by atoms with Crippen LogP contribution in [0.2, 0.25) is 0 Å². The molecular formula is C62H62N2. The summed E-state index contributed by atoms with van der Waals surface area (Å²) in [6.45, 7) is 4.66. The van der Waals surface area contributed by atoms with Gasteiger partial charge in [-0.3, -0.25) is 0 Å². The van der Waals surface area contributed by atoms with Crippen LogP contribution in [0, 0.1) is 0 Å². The van der Waals surface area contributed by atoms with Crippen LogP contribution in [0.5, 0.6) is 0 Å². The molecule has 0 unspecified atom stereocenters. The molecule has 0 N–H and O–H groups in total. The van der Waals surface area contributed by atoms with Gasteiger partial charge in [0.2, 0.25) is 0 Å². The molecule has 0 aromatic heterocycles. The van der Waals surface area contributed by atoms with Crippen molar-refractivity contribution in [1.82, 2.24) is 0 Å². The van der Waals surface area contributed by atoms with Crippen LogP contribution in [0.15, 0.2) is 150 Å². The minimum absolute atomic E-state index is 0.544. The minimum Gasteiger partial charge on any atom is -0.310 e.